The lowest BCUT2D eigenvalue weighted by atomic mass is 10.1. The van der Waals surface area contributed by atoms with Gasteiger partial charge in [0, 0.05) is 26.2 Å². The van der Waals surface area contributed by atoms with E-state index in [0.717, 1.165) is 31.6 Å². The Morgan fingerprint density at radius 1 is 1.17 bits per heavy atom. The zero-order valence-electron chi connectivity index (χ0n) is 11.6. The molecule has 0 saturated carbocycles. The van der Waals surface area contributed by atoms with E-state index in [4.69, 9.17) is 5.73 Å². The molecule has 0 spiro atoms. The number of anilines is 1. The first-order valence-electron chi connectivity index (χ1n) is 6.46. The average Bonchev–Trinajstić information content (AvgIpc) is 2.34. The third-order valence-corrected chi connectivity index (χ3v) is 2.90. The van der Waals surface area contributed by atoms with Crippen molar-refractivity contribution in [3.63, 3.8) is 0 Å². The van der Waals surface area contributed by atoms with Crippen LogP contribution in [0.4, 0.5) is 10.1 Å². The molecule has 2 N–H and O–H groups in total. The second kappa shape index (κ2) is 7.34. The molecule has 0 aliphatic rings. The highest BCUT2D eigenvalue weighted by Crippen LogP contribution is 2.20. The van der Waals surface area contributed by atoms with Crippen molar-refractivity contribution in [2.75, 3.05) is 38.6 Å². The Morgan fingerprint density at radius 2 is 1.89 bits per heavy atom. The molecule has 0 aromatic heterocycles. The van der Waals surface area contributed by atoms with Crippen molar-refractivity contribution < 1.29 is 4.39 Å². The Hall–Kier alpha value is -1.13. The van der Waals surface area contributed by atoms with Crippen LogP contribution in [-0.4, -0.2) is 38.6 Å². The summed E-state index contributed by atoms with van der Waals surface area (Å²) in [6, 6.07) is 5.27. The summed E-state index contributed by atoms with van der Waals surface area (Å²) in [5.41, 5.74) is 7.03. The van der Waals surface area contributed by atoms with Crippen LogP contribution in [0.5, 0.6) is 0 Å². The number of hydrogen-bond acceptors (Lipinski definition) is 3. The molecule has 0 amide bonds. The average molecular weight is 253 g/mol. The molecule has 1 rings (SSSR count). The van der Waals surface area contributed by atoms with Gasteiger partial charge in [0.2, 0.25) is 0 Å². The van der Waals surface area contributed by atoms with E-state index in [1.807, 2.05) is 26.2 Å². The fourth-order valence-corrected chi connectivity index (χ4v) is 1.88. The van der Waals surface area contributed by atoms with Gasteiger partial charge in [0.05, 0.1) is 5.69 Å². The first-order valence-corrected chi connectivity index (χ1v) is 6.46. The topological polar surface area (TPSA) is 32.5 Å². The highest BCUT2D eigenvalue weighted by Gasteiger charge is 2.11. The Morgan fingerprint density at radius 3 is 2.39 bits per heavy atom. The highest BCUT2D eigenvalue weighted by atomic mass is 19.1. The number of rotatable bonds is 7. The molecule has 0 radical (unpaired) electrons. The Bertz CT molecular complexity index is 366. The molecule has 18 heavy (non-hydrogen) atoms. The SMILES string of the molecule is CCCN(CCN(C)C)c1ccc(CN)cc1F. The van der Waals surface area contributed by atoms with Gasteiger partial charge in [-0.2, -0.15) is 0 Å². The van der Waals surface area contributed by atoms with Gasteiger partial charge in [0.1, 0.15) is 5.82 Å². The van der Waals surface area contributed by atoms with E-state index in [1.54, 1.807) is 0 Å². The molecular formula is C14H24FN3. The van der Waals surface area contributed by atoms with Crippen molar-refractivity contribution in [1.29, 1.82) is 0 Å². The molecule has 4 heteroatoms. The van der Waals surface area contributed by atoms with E-state index in [9.17, 15) is 4.39 Å². The summed E-state index contributed by atoms with van der Waals surface area (Å²) in [5.74, 6) is -0.176. The van der Waals surface area contributed by atoms with E-state index in [1.165, 1.54) is 6.07 Å². The lowest BCUT2D eigenvalue weighted by molar-refractivity contribution is 0.412. The maximum absolute atomic E-state index is 14.0. The second-order valence-corrected chi connectivity index (χ2v) is 4.78. The molecule has 102 valence electrons. The predicted octanol–water partition coefficient (Wildman–Crippen LogP) is 2.06. The molecule has 0 aliphatic carbocycles. The van der Waals surface area contributed by atoms with Crippen LogP contribution < -0.4 is 10.6 Å². The zero-order valence-corrected chi connectivity index (χ0v) is 11.6. The molecule has 0 unspecified atom stereocenters. The Kier molecular flexibility index (Phi) is 6.09. The third kappa shape index (κ3) is 4.27. The molecule has 1 aromatic rings. The van der Waals surface area contributed by atoms with Gasteiger partial charge in [-0.15, -0.1) is 0 Å². The van der Waals surface area contributed by atoms with Crippen LogP contribution in [0.1, 0.15) is 18.9 Å². The first-order chi connectivity index (χ1) is 8.58. The van der Waals surface area contributed by atoms with Gasteiger partial charge >= 0.3 is 0 Å². The van der Waals surface area contributed by atoms with Crippen LogP contribution >= 0.6 is 0 Å². The van der Waals surface area contributed by atoms with Gasteiger partial charge < -0.3 is 15.5 Å². The first kappa shape index (κ1) is 14.9. The van der Waals surface area contributed by atoms with Crippen LogP contribution in [0.2, 0.25) is 0 Å². The predicted molar refractivity (Wildman–Crippen MR) is 75.3 cm³/mol. The molecule has 1 aromatic carbocycles. The summed E-state index contributed by atoms with van der Waals surface area (Å²) in [7, 11) is 4.05. The summed E-state index contributed by atoms with van der Waals surface area (Å²) >= 11 is 0. The van der Waals surface area contributed by atoms with E-state index in [0.29, 0.717) is 12.2 Å². The van der Waals surface area contributed by atoms with Gasteiger partial charge in [0.25, 0.3) is 0 Å². The van der Waals surface area contributed by atoms with Crippen LogP contribution in [-0.2, 0) is 6.54 Å². The van der Waals surface area contributed by atoms with Crippen LogP contribution in [0.3, 0.4) is 0 Å². The van der Waals surface area contributed by atoms with Crippen LogP contribution in [0.15, 0.2) is 18.2 Å². The second-order valence-electron chi connectivity index (χ2n) is 4.78. The largest absolute Gasteiger partial charge is 0.368 e. The minimum absolute atomic E-state index is 0.176. The van der Waals surface area contributed by atoms with E-state index in [-0.39, 0.29) is 5.82 Å². The maximum atomic E-state index is 14.0. The van der Waals surface area contributed by atoms with Crippen molar-refractivity contribution in [2.24, 2.45) is 5.73 Å². The summed E-state index contributed by atoms with van der Waals surface area (Å²) in [5, 5.41) is 0. The van der Waals surface area contributed by atoms with Gasteiger partial charge in [-0.05, 0) is 38.2 Å². The van der Waals surface area contributed by atoms with E-state index < -0.39 is 0 Å². The summed E-state index contributed by atoms with van der Waals surface area (Å²) in [6.07, 6.45) is 1.01. The number of benzene rings is 1. The lowest BCUT2D eigenvalue weighted by Gasteiger charge is -2.26. The van der Waals surface area contributed by atoms with Crippen LogP contribution in [0.25, 0.3) is 0 Å². The molecule has 0 saturated heterocycles. The van der Waals surface area contributed by atoms with Crippen molar-refractivity contribution >= 4 is 5.69 Å². The van der Waals surface area contributed by atoms with E-state index >= 15 is 0 Å². The summed E-state index contributed by atoms with van der Waals surface area (Å²) in [6.45, 7) is 5.10. The molecule has 0 heterocycles. The number of hydrogen-bond donors (Lipinski definition) is 1. The monoisotopic (exact) mass is 253 g/mol. The quantitative estimate of drug-likeness (QED) is 0.807. The van der Waals surface area contributed by atoms with E-state index in [2.05, 4.69) is 16.7 Å². The fourth-order valence-electron chi connectivity index (χ4n) is 1.88. The molecule has 0 fully saturated rings. The fraction of sp³-hybridized carbons (Fsp3) is 0.571. The minimum atomic E-state index is -0.176. The number of halogens is 1. The molecular weight excluding hydrogens is 229 g/mol. The Labute approximate surface area is 109 Å². The lowest BCUT2D eigenvalue weighted by Crippen LogP contribution is -2.33. The molecule has 3 nitrogen and oxygen atoms in total. The number of nitrogens with zero attached hydrogens (tertiary/aromatic N) is 2. The van der Waals surface area contributed by atoms with Gasteiger partial charge in [-0.25, -0.2) is 4.39 Å². The van der Waals surface area contributed by atoms with Gasteiger partial charge in [-0.1, -0.05) is 13.0 Å². The highest BCUT2D eigenvalue weighted by molar-refractivity contribution is 5.49. The van der Waals surface area contributed by atoms with Crippen LogP contribution in [0, 0.1) is 5.82 Å². The van der Waals surface area contributed by atoms with Crippen molar-refractivity contribution in [2.45, 2.75) is 19.9 Å². The molecule has 0 aliphatic heterocycles. The summed E-state index contributed by atoms with van der Waals surface area (Å²) in [4.78, 5) is 4.20. The normalized spacial score (nSPS) is 11.0. The van der Waals surface area contributed by atoms with Gasteiger partial charge in [-0.3, -0.25) is 0 Å². The zero-order chi connectivity index (χ0) is 13.5. The summed E-state index contributed by atoms with van der Waals surface area (Å²) < 4.78 is 14.0. The maximum Gasteiger partial charge on any atom is 0.146 e. The number of nitrogens with two attached hydrogens (primary N) is 1. The molecule has 0 bridgehead atoms. The van der Waals surface area contributed by atoms with Crippen molar-refractivity contribution in [3.05, 3.63) is 29.6 Å². The standard InChI is InChI=1S/C14H24FN3/c1-4-7-18(9-8-17(2)3)14-6-5-12(11-16)10-13(14)15/h5-6,10H,4,7-9,11,16H2,1-3H3. The minimum Gasteiger partial charge on any atom is -0.368 e. The molecule has 0 atom stereocenters. The van der Waals surface area contributed by atoms with Gasteiger partial charge in [0.15, 0.2) is 0 Å². The smallest absolute Gasteiger partial charge is 0.146 e. The Balaban J connectivity index is 2.84. The van der Waals surface area contributed by atoms with Crippen molar-refractivity contribution in [1.82, 2.24) is 4.90 Å². The number of likely N-dealkylation sites (N-methyl/N-ethyl adjacent to an activating group) is 1. The van der Waals surface area contributed by atoms with Crippen molar-refractivity contribution in [3.8, 4) is 0 Å². The third-order valence-electron chi connectivity index (χ3n) is 2.90.